The van der Waals surface area contributed by atoms with E-state index in [0.29, 0.717) is 18.0 Å². The molecular weight excluding hydrogens is 268 g/mol. The fourth-order valence-corrected chi connectivity index (χ4v) is 2.13. The van der Waals surface area contributed by atoms with Gasteiger partial charge in [0.1, 0.15) is 0 Å². The SMILES string of the molecule is Cc1cc(Br)c(NC(=O)CC2CC2)cc1N. The highest BCUT2D eigenvalue weighted by Crippen LogP contribution is 2.33. The Kier molecular flexibility index (Phi) is 3.19. The standard InChI is InChI=1S/C12H15BrN2O/c1-7-4-9(13)11(6-10(7)14)15-12(16)5-8-2-3-8/h4,6,8H,2-3,5,14H2,1H3,(H,15,16). The van der Waals surface area contributed by atoms with Crippen molar-refractivity contribution in [3.05, 3.63) is 22.2 Å². The van der Waals surface area contributed by atoms with Crippen molar-refractivity contribution in [2.75, 3.05) is 11.1 Å². The molecule has 3 N–H and O–H groups in total. The molecule has 16 heavy (non-hydrogen) atoms. The molecule has 0 aromatic heterocycles. The van der Waals surface area contributed by atoms with Gasteiger partial charge in [0.05, 0.1) is 5.69 Å². The van der Waals surface area contributed by atoms with Crippen LogP contribution in [0.4, 0.5) is 11.4 Å². The molecular formula is C12H15BrN2O. The molecule has 1 aliphatic carbocycles. The van der Waals surface area contributed by atoms with Crippen LogP contribution in [0, 0.1) is 12.8 Å². The van der Waals surface area contributed by atoms with Gasteiger partial charge in [-0.15, -0.1) is 0 Å². The normalized spacial score (nSPS) is 14.9. The summed E-state index contributed by atoms with van der Waals surface area (Å²) >= 11 is 3.42. The summed E-state index contributed by atoms with van der Waals surface area (Å²) < 4.78 is 0.878. The smallest absolute Gasteiger partial charge is 0.224 e. The molecule has 1 aromatic rings. The molecule has 1 amide bonds. The minimum Gasteiger partial charge on any atom is -0.398 e. The van der Waals surface area contributed by atoms with Crippen LogP contribution < -0.4 is 11.1 Å². The molecule has 0 bridgehead atoms. The summed E-state index contributed by atoms with van der Waals surface area (Å²) in [6.07, 6.45) is 3.00. The number of aryl methyl sites for hydroxylation is 1. The van der Waals surface area contributed by atoms with Crippen molar-refractivity contribution in [2.24, 2.45) is 5.92 Å². The maximum atomic E-state index is 11.6. The third kappa shape index (κ3) is 2.76. The van der Waals surface area contributed by atoms with Crippen LogP contribution >= 0.6 is 15.9 Å². The van der Waals surface area contributed by atoms with Crippen LogP contribution in [-0.4, -0.2) is 5.91 Å². The van der Waals surface area contributed by atoms with Crippen LogP contribution in [-0.2, 0) is 4.79 Å². The number of carbonyl (C=O) groups excluding carboxylic acids is 1. The molecule has 3 nitrogen and oxygen atoms in total. The first kappa shape index (κ1) is 11.5. The largest absolute Gasteiger partial charge is 0.398 e. The summed E-state index contributed by atoms with van der Waals surface area (Å²) in [4.78, 5) is 11.6. The number of halogens is 1. The van der Waals surface area contributed by atoms with E-state index in [9.17, 15) is 4.79 Å². The number of amides is 1. The maximum Gasteiger partial charge on any atom is 0.224 e. The van der Waals surface area contributed by atoms with E-state index in [1.165, 1.54) is 12.8 Å². The lowest BCUT2D eigenvalue weighted by molar-refractivity contribution is -0.116. The Labute approximate surface area is 104 Å². The second-order valence-electron chi connectivity index (χ2n) is 4.38. The summed E-state index contributed by atoms with van der Waals surface area (Å²) in [6.45, 7) is 1.94. The highest BCUT2D eigenvalue weighted by molar-refractivity contribution is 9.10. The second kappa shape index (κ2) is 4.45. The van der Waals surface area contributed by atoms with Gasteiger partial charge in [-0.1, -0.05) is 0 Å². The minimum atomic E-state index is 0.0754. The minimum absolute atomic E-state index is 0.0754. The lowest BCUT2D eigenvalue weighted by Gasteiger charge is -2.09. The number of anilines is 2. The van der Waals surface area contributed by atoms with Gasteiger partial charge in [0.25, 0.3) is 0 Å². The summed E-state index contributed by atoms with van der Waals surface area (Å²) in [5, 5.41) is 2.88. The molecule has 0 aliphatic heterocycles. The Morgan fingerprint density at radius 1 is 1.56 bits per heavy atom. The number of nitrogens with one attached hydrogen (secondary N) is 1. The van der Waals surface area contributed by atoms with Crippen LogP contribution in [0.25, 0.3) is 0 Å². The molecule has 0 spiro atoms. The first-order chi connectivity index (χ1) is 7.56. The molecule has 0 atom stereocenters. The van der Waals surface area contributed by atoms with Crippen LogP contribution in [0.5, 0.6) is 0 Å². The number of rotatable bonds is 3. The predicted octanol–water partition coefficient (Wildman–Crippen LogP) is 3.08. The molecule has 4 heteroatoms. The van der Waals surface area contributed by atoms with Gasteiger partial charge >= 0.3 is 0 Å². The lowest BCUT2D eigenvalue weighted by atomic mass is 10.2. The second-order valence-corrected chi connectivity index (χ2v) is 5.24. The quantitative estimate of drug-likeness (QED) is 0.837. The van der Waals surface area contributed by atoms with Gasteiger partial charge in [-0.25, -0.2) is 0 Å². The molecule has 1 aliphatic rings. The van der Waals surface area contributed by atoms with Gasteiger partial charge in [0, 0.05) is 16.6 Å². The molecule has 1 aromatic carbocycles. The number of hydrogen-bond donors (Lipinski definition) is 2. The van der Waals surface area contributed by atoms with Crippen molar-refractivity contribution in [1.82, 2.24) is 0 Å². The fourth-order valence-electron chi connectivity index (χ4n) is 1.57. The van der Waals surface area contributed by atoms with Gasteiger partial charge in [0.2, 0.25) is 5.91 Å². The Morgan fingerprint density at radius 2 is 2.25 bits per heavy atom. The number of benzene rings is 1. The maximum absolute atomic E-state index is 11.6. The molecule has 0 radical (unpaired) electrons. The van der Waals surface area contributed by atoms with Crippen molar-refractivity contribution in [1.29, 1.82) is 0 Å². The highest BCUT2D eigenvalue weighted by Gasteiger charge is 2.24. The Balaban J connectivity index is 2.07. The fraction of sp³-hybridized carbons (Fsp3) is 0.417. The van der Waals surface area contributed by atoms with Gasteiger partial charge in [-0.2, -0.15) is 0 Å². The Bertz CT molecular complexity index is 427. The van der Waals surface area contributed by atoms with E-state index >= 15 is 0 Å². The van der Waals surface area contributed by atoms with Gasteiger partial charge in [-0.3, -0.25) is 4.79 Å². The topological polar surface area (TPSA) is 55.1 Å². The zero-order chi connectivity index (χ0) is 11.7. The third-order valence-corrected chi connectivity index (χ3v) is 3.46. The molecule has 0 heterocycles. The average Bonchev–Trinajstić information content (AvgIpc) is 2.98. The number of nitrogen functional groups attached to an aromatic ring is 1. The van der Waals surface area contributed by atoms with Crippen molar-refractivity contribution in [2.45, 2.75) is 26.2 Å². The van der Waals surface area contributed by atoms with Crippen LogP contribution in [0.15, 0.2) is 16.6 Å². The molecule has 1 fully saturated rings. The monoisotopic (exact) mass is 282 g/mol. The summed E-state index contributed by atoms with van der Waals surface area (Å²) in [5.74, 6) is 0.674. The molecule has 0 unspecified atom stereocenters. The van der Waals surface area contributed by atoms with Crippen LogP contribution in [0.3, 0.4) is 0 Å². The highest BCUT2D eigenvalue weighted by atomic mass is 79.9. The van der Waals surface area contributed by atoms with E-state index in [-0.39, 0.29) is 5.91 Å². The zero-order valence-electron chi connectivity index (χ0n) is 9.22. The lowest BCUT2D eigenvalue weighted by Crippen LogP contribution is -2.12. The van der Waals surface area contributed by atoms with E-state index in [1.54, 1.807) is 6.07 Å². The van der Waals surface area contributed by atoms with Gasteiger partial charge in [-0.05, 0) is 59.3 Å². The van der Waals surface area contributed by atoms with Gasteiger partial charge in [0.15, 0.2) is 0 Å². The first-order valence-corrected chi connectivity index (χ1v) is 6.21. The Hall–Kier alpha value is -1.03. The number of nitrogens with two attached hydrogens (primary N) is 1. The molecule has 2 rings (SSSR count). The van der Waals surface area contributed by atoms with E-state index in [0.717, 1.165) is 15.7 Å². The van der Waals surface area contributed by atoms with Crippen molar-refractivity contribution in [3.63, 3.8) is 0 Å². The van der Waals surface area contributed by atoms with Crippen molar-refractivity contribution in [3.8, 4) is 0 Å². The molecule has 86 valence electrons. The van der Waals surface area contributed by atoms with Crippen LogP contribution in [0.2, 0.25) is 0 Å². The van der Waals surface area contributed by atoms with Crippen LogP contribution in [0.1, 0.15) is 24.8 Å². The molecule has 1 saturated carbocycles. The number of hydrogen-bond acceptors (Lipinski definition) is 2. The van der Waals surface area contributed by atoms with Gasteiger partial charge < -0.3 is 11.1 Å². The first-order valence-electron chi connectivity index (χ1n) is 5.41. The summed E-state index contributed by atoms with van der Waals surface area (Å²) in [6, 6.07) is 3.71. The predicted molar refractivity (Wildman–Crippen MR) is 69.3 cm³/mol. The van der Waals surface area contributed by atoms with E-state index in [4.69, 9.17) is 5.73 Å². The average molecular weight is 283 g/mol. The number of carbonyl (C=O) groups is 1. The van der Waals surface area contributed by atoms with E-state index in [1.807, 2.05) is 13.0 Å². The van der Waals surface area contributed by atoms with Crippen molar-refractivity contribution >= 4 is 33.2 Å². The summed E-state index contributed by atoms with van der Waals surface area (Å²) in [5.41, 5.74) is 8.27. The zero-order valence-corrected chi connectivity index (χ0v) is 10.8. The van der Waals surface area contributed by atoms with E-state index < -0.39 is 0 Å². The Morgan fingerprint density at radius 3 is 2.88 bits per heavy atom. The molecule has 0 saturated heterocycles. The van der Waals surface area contributed by atoms with E-state index in [2.05, 4.69) is 21.2 Å². The summed E-state index contributed by atoms with van der Waals surface area (Å²) in [7, 11) is 0. The third-order valence-electron chi connectivity index (χ3n) is 2.80. The van der Waals surface area contributed by atoms with Crippen molar-refractivity contribution < 1.29 is 4.79 Å².